The third-order valence-corrected chi connectivity index (χ3v) is 3.48. The molecule has 0 heterocycles. The summed E-state index contributed by atoms with van der Waals surface area (Å²) in [6.07, 6.45) is 1.06. The Hall–Kier alpha value is -0.820. The van der Waals surface area contributed by atoms with E-state index < -0.39 is 0 Å². The van der Waals surface area contributed by atoms with Gasteiger partial charge in [-0.1, -0.05) is 37.3 Å². The van der Waals surface area contributed by atoms with E-state index in [0.717, 1.165) is 0 Å². The van der Waals surface area contributed by atoms with Crippen molar-refractivity contribution in [1.29, 1.82) is 0 Å². The maximum absolute atomic E-state index is 9.46. The van der Waals surface area contributed by atoms with Gasteiger partial charge in [-0.25, -0.2) is 0 Å². The summed E-state index contributed by atoms with van der Waals surface area (Å²) < 4.78 is 0. The molecule has 1 aromatic carbocycles. The molecule has 0 aromatic heterocycles. The van der Waals surface area contributed by atoms with Crippen molar-refractivity contribution in [3.8, 4) is 0 Å². The number of aliphatic hydroxyl groups is 1. The van der Waals surface area contributed by atoms with Gasteiger partial charge in [0.1, 0.15) is 0 Å². The fourth-order valence-electron chi connectivity index (χ4n) is 2.37. The Kier molecular flexibility index (Phi) is 2.60. The molecule has 1 heteroatoms. The van der Waals surface area contributed by atoms with Gasteiger partial charge >= 0.3 is 0 Å². The molecule has 1 aliphatic carbocycles. The zero-order valence-corrected chi connectivity index (χ0v) is 8.85. The Bertz CT molecular complexity index is 291. The predicted octanol–water partition coefficient (Wildman–Crippen LogP) is 2.81. The minimum Gasteiger partial charge on any atom is -0.393 e. The lowest BCUT2D eigenvalue weighted by atomic mass is 9.94. The molecule has 0 amide bonds. The smallest absolute Gasteiger partial charge is 0.0543 e. The number of hydrogen-bond acceptors (Lipinski definition) is 1. The van der Waals surface area contributed by atoms with Crippen molar-refractivity contribution in [3.63, 3.8) is 0 Å². The normalized spacial score (nSPS) is 29.6. The zero-order chi connectivity index (χ0) is 10.1. The summed E-state index contributed by atoms with van der Waals surface area (Å²) in [6, 6.07) is 10.6. The SMILES string of the molecule is CC(O)C1CC1C(C)c1ccccc1. The van der Waals surface area contributed by atoms with Gasteiger partial charge in [-0.15, -0.1) is 0 Å². The van der Waals surface area contributed by atoms with Crippen LogP contribution >= 0.6 is 0 Å². The molecular weight excluding hydrogens is 172 g/mol. The van der Waals surface area contributed by atoms with E-state index in [9.17, 15) is 5.11 Å². The summed E-state index contributed by atoms with van der Waals surface area (Å²) in [4.78, 5) is 0. The summed E-state index contributed by atoms with van der Waals surface area (Å²) in [5.74, 6) is 1.82. The second kappa shape index (κ2) is 3.74. The fraction of sp³-hybridized carbons (Fsp3) is 0.538. The number of hydrogen-bond donors (Lipinski definition) is 1. The summed E-state index contributed by atoms with van der Waals surface area (Å²) in [6.45, 7) is 4.17. The molecule has 0 aliphatic heterocycles. The van der Waals surface area contributed by atoms with Crippen LogP contribution in [-0.4, -0.2) is 11.2 Å². The minimum atomic E-state index is -0.133. The third-order valence-electron chi connectivity index (χ3n) is 3.48. The van der Waals surface area contributed by atoms with Gasteiger partial charge in [-0.3, -0.25) is 0 Å². The second-order valence-electron chi connectivity index (χ2n) is 4.50. The molecule has 1 N–H and O–H groups in total. The van der Waals surface area contributed by atoms with E-state index in [1.807, 2.05) is 6.92 Å². The Morgan fingerprint density at radius 3 is 2.29 bits per heavy atom. The van der Waals surface area contributed by atoms with Gasteiger partial charge in [0, 0.05) is 0 Å². The Balaban J connectivity index is 2.01. The molecule has 1 fully saturated rings. The highest BCUT2D eigenvalue weighted by Crippen LogP contribution is 2.50. The Morgan fingerprint density at radius 2 is 1.79 bits per heavy atom. The van der Waals surface area contributed by atoms with Crippen LogP contribution in [0.2, 0.25) is 0 Å². The van der Waals surface area contributed by atoms with Gasteiger partial charge in [0.05, 0.1) is 6.10 Å². The van der Waals surface area contributed by atoms with Crippen molar-refractivity contribution < 1.29 is 5.11 Å². The van der Waals surface area contributed by atoms with Crippen LogP contribution in [-0.2, 0) is 0 Å². The second-order valence-corrected chi connectivity index (χ2v) is 4.50. The molecule has 1 aromatic rings. The monoisotopic (exact) mass is 190 g/mol. The largest absolute Gasteiger partial charge is 0.393 e. The van der Waals surface area contributed by atoms with Gasteiger partial charge in [0.2, 0.25) is 0 Å². The van der Waals surface area contributed by atoms with Crippen molar-refractivity contribution in [2.24, 2.45) is 11.8 Å². The van der Waals surface area contributed by atoms with Crippen molar-refractivity contribution in [2.75, 3.05) is 0 Å². The Labute approximate surface area is 85.8 Å². The van der Waals surface area contributed by atoms with E-state index in [4.69, 9.17) is 0 Å². The first-order valence-corrected chi connectivity index (χ1v) is 5.43. The average molecular weight is 190 g/mol. The van der Waals surface area contributed by atoms with Gasteiger partial charge in [0.25, 0.3) is 0 Å². The first-order chi connectivity index (χ1) is 6.70. The molecule has 4 unspecified atom stereocenters. The average Bonchev–Trinajstić information content (AvgIpc) is 2.97. The van der Waals surface area contributed by atoms with Crippen LogP contribution in [0, 0.1) is 11.8 Å². The van der Waals surface area contributed by atoms with E-state index in [0.29, 0.717) is 17.8 Å². The molecule has 1 saturated carbocycles. The molecular formula is C13H18O. The quantitative estimate of drug-likeness (QED) is 0.777. The molecule has 1 aliphatic rings. The zero-order valence-electron chi connectivity index (χ0n) is 8.85. The van der Waals surface area contributed by atoms with Crippen LogP contribution in [0.1, 0.15) is 31.7 Å². The highest BCUT2D eigenvalue weighted by atomic mass is 16.3. The highest BCUT2D eigenvalue weighted by molar-refractivity contribution is 5.21. The number of aliphatic hydroxyl groups excluding tert-OH is 1. The van der Waals surface area contributed by atoms with E-state index in [1.165, 1.54) is 12.0 Å². The maximum atomic E-state index is 9.46. The van der Waals surface area contributed by atoms with Crippen LogP contribution in [0.4, 0.5) is 0 Å². The molecule has 4 atom stereocenters. The molecule has 2 rings (SSSR count). The molecule has 0 spiro atoms. The fourth-order valence-corrected chi connectivity index (χ4v) is 2.37. The summed E-state index contributed by atoms with van der Waals surface area (Å²) >= 11 is 0. The van der Waals surface area contributed by atoms with E-state index in [2.05, 4.69) is 37.3 Å². The van der Waals surface area contributed by atoms with Crippen molar-refractivity contribution >= 4 is 0 Å². The third kappa shape index (κ3) is 1.83. The van der Waals surface area contributed by atoms with Gasteiger partial charge < -0.3 is 5.11 Å². The predicted molar refractivity (Wildman–Crippen MR) is 58.1 cm³/mol. The molecule has 0 saturated heterocycles. The lowest BCUT2D eigenvalue weighted by molar-refractivity contribution is 0.162. The van der Waals surface area contributed by atoms with E-state index in [1.54, 1.807) is 0 Å². The first-order valence-electron chi connectivity index (χ1n) is 5.43. The van der Waals surface area contributed by atoms with Crippen molar-refractivity contribution in [3.05, 3.63) is 35.9 Å². The lowest BCUT2D eigenvalue weighted by Gasteiger charge is -2.12. The highest BCUT2D eigenvalue weighted by Gasteiger charge is 2.43. The van der Waals surface area contributed by atoms with Gasteiger partial charge in [-0.05, 0) is 36.7 Å². The standard InChI is InChI=1S/C13H18O/c1-9(11-6-4-3-5-7-11)12-8-13(12)10(2)14/h3-7,9-10,12-14H,8H2,1-2H3. The number of benzene rings is 1. The summed E-state index contributed by atoms with van der Waals surface area (Å²) in [7, 11) is 0. The molecule has 0 bridgehead atoms. The molecule has 14 heavy (non-hydrogen) atoms. The maximum Gasteiger partial charge on any atom is 0.0543 e. The van der Waals surface area contributed by atoms with Crippen LogP contribution in [0.3, 0.4) is 0 Å². The van der Waals surface area contributed by atoms with E-state index >= 15 is 0 Å². The lowest BCUT2D eigenvalue weighted by Crippen LogP contribution is -2.07. The van der Waals surface area contributed by atoms with Crippen LogP contribution < -0.4 is 0 Å². The molecule has 0 radical (unpaired) electrons. The van der Waals surface area contributed by atoms with E-state index in [-0.39, 0.29) is 6.10 Å². The topological polar surface area (TPSA) is 20.2 Å². The van der Waals surface area contributed by atoms with Crippen LogP contribution in [0.5, 0.6) is 0 Å². The van der Waals surface area contributed by atoms with Gasteiger partial charge in [0.15, 0.2) is 0 Å². The summed E-state index contributed by atoms with van der Waals surface area (Å²) in [5, 5.41) is 9.46. The summed E-state index contributed by atoms with van der Waals surface area (Å²) in [5.41, 5.74) is 1.40. The first kappa shape index (κ1) is 9.72. The molecule has 1 nitrogen and oxygen atoms in total. The van der Waals surface area contributed by atoms with Crippen molar-refractivity contribution in [2.45, 2.75) is 32.3 Å². The number of rotatable bonds is 3. The minimum absolute atomic E-state index is 0.133. The van der Waals surface area contributed by atoms with Crippen molar-refractivity contribution in [1.82, 2.24) is 0 Å². The molecule has 76 valence electrons. The van der Waals surface area contributed by atoms with Gasteiger partial charge in [-0.2, -0.15) is 0 Å². The Morgan fingerprint density at radius 1 is 1.14 bits per heavy atom. The van der Waals surface area contributed by atoms with Crippen LogP contribution in [0.15, 0.2) is 30.3 Å². The van der Waals surface area contributed by atoms with Crippen LogP contribution in [0.25, 0.3) is 0 Å².